The van der Waals surface area contributed by atoms with E-state index in [9.17, 15) is 27.6 Å². The van der Waals surface area contributed by atoms with Crippen molar-refractivity contribution < 1.29 is 41.8 Å². The van der Waals surface area contributed by atoms with Crippen LogP contribution in [0, 0.1) is 5.92 Å². The van der Waals surface area contributed by atoms with Crippen molar-refractivity contribution in [2.24, 2.45) is 5.92 Å². The third-order valence-electron chi connectivity index (χ3n) is 8.88. The Balaban J connectivity index is 1.31. The first-order valence-electron chi connectivity index (χ1n) is 15.7. The van der Waals surface area contributed by atoms with Crippen molar-refractivity contribution in [1.82, 2.24) is 30.1 Å². The van der Waals surface area contributed by atoms with Gasteiger partial charge >= 0.3 is 18.2 Å². The summed E-state index contributed by atoms with van der Waals surface area (Å²) >= 11 is 2.07. The molecule has 3 aromatic heterocycles. The van der Waals surface area contributed by atoms with Crippen LogP contribution in [0.1, 0.15) is 44.2 Å². The lowest BCUT2D eigenvalue weighted by molar-refractivity contribution is -0.147. The zero-order valence-corrected chi connectivity index (χ0v) is 28.6. The van der Waals surface area contributed by atoms with Gasteiger partial charge in [-0.2, -0.15) is 18.2 Å². The molecule has 12 nitrogen and oxygen atoms in total. The predicted molar refractivity (Wildman–Crippen MR) is 174 cm³/mol. The molecule has 49 heavy (non-hydrogen) atoms. The van der Waals surface area contributed by atoms with Gasteiger partial charge in [-0.15, -0.1) is 22.7 Å². The first-order chi connectivity index (χ1) is 23.4. The lowest BCUT2D eigenvalue weighted by Gasteiger charge is -2.40. The number of aromatic nitrogens is 3. The second-order valence-corrected chi connectivity index (χ2v) is 13.9. The number of thiophene rings is 1. The van der Waals surface area contributed by atoms with Crippen molar-refractivity contribution in [2.45, 2.75) is 62.4 Å². The topological polar surface area (TPSA) is 136 Å². The Labute approximate surface area is 288 Å². The van der Waals surface area contributed by atoms with E-state index in [1.165, 1.54) is 30.5 Å². The van der Waals surface area contributed by atoms with Gasteiger partial charge in [-0.25, -0.2) is 19.6 Å². The number of methoxy groups -OCH3 is 2. The van der Waals surface area contributed by atoms with Crippen molar-refractivity contribution in [2.75, 3.05) is 34.4 Å². The van der Waals surface area contributed by atoms with Crippen LogP contribution >= 0.6 is 22.7 Å². The van der Waals surface area contributed by atoms with E-state index in [1.54, 1.807) is 29.5 Å². The molecule has 6 rings (SSSR count). The number of amides is 3. The summed E-state index contributed by atoms with van der Waals surface area (Å²) in [4.78, 5) is 56.9. The summed E-state index contributed by atoms with van der Waals surface area (Å²) in [7, 11) is 4.46. The second kappa shape index (κ2) is 13.9. The molecule has 5 heterocycles. The van der Waals surface area contributed by atoms with Gasteiger partial charge in [0.25, 0.3) is 0 Å². The van der Waals surface area contributed by atoms with Crippen LogP contribution in [0.25, 0.3) is 21.4 Å². The Hall–Kier alpha value is -4.25. The number of halogens is 3. The molecular formula is C32H35F3N6O6S2. The number of carbonyl (C=O) groups excluding carboxylic acids is 3. The Morgan fingerprint density at radius 2 is 1.94 bits per heavy atom. The van der Waals surface area contributed by atoms with Gasteiger partial charge in [-0.1, -0.05) is 12.2 Å². The van der Waals surface area contributed by atoms with Crippen LogP contribution in [0.2, 0.25) is 0 Å². The molecule has 2 aliphatic heterocycles. The van der Waals surface area contributed by atoms with Gasteiger partial charge < -0.3 is 29.3 Å². The maximum Gasteiger partial charge on any atom is 0.434 e. The van der Waals surface area contributed by atoms with Gasteiger partial charge in [0.2, 0.25) is 11.8 Å². The van der Waals surface area contributed by atoms with Crippen LogP contribution in [0.15, 0.2) is 35.0 Å². The molecule has 3 aliphatic rings. The maximum atomic E-state index is 14.0. The highest BCUT2D eigenvalue weighted by molar-refractivity contribution is 7.14. The summed E-state index contributed by atoms with van der Waals surface area (Å²) < 4.78 is 57.0. The first kappa shape index (κ1) is 34.6. The van der Waals surface area contributed by atoms with E-state index < -0.39 is 41.4 Å². The van der Waals surface area contributed by atoms with Crippen molar-refractivity contribution in [3.63, 3.8) is 0 Å². The summed E-state index contributed by atoms with van der Waals surface area (Å²) in [5.74, 6) is -0.798. The number of nitrogens with one attached hydrogen (secondary N) is 1. The number of thiazole rings is 1. The maximum absolute atomic E-state index is 14.0. The van der Waals surface area contributed by atoms with Crippen molar-refractivity contribution in [3.05, 3.63) is 40.7 Å². The number of urea groups is 1. The quantitative estimate of drug-likeness (QED) is 0.262. The number of rotatable bonds is 6. The van der Waals surface area contributed by atoms with Gasteiger partial charge in [-0.3, -0.25) is 4.79 Å². The monoisotopic (exact) mass is 720 g/mol. The van der Waals surface area contributed by atoms with E-state index in [2.05, 4.69) is 20.3 Å². The normalized spacial score (nSPS) is 24.7. The number of nitrogens with zero attached hydrogens (tertiary/aromatic N) is 5. The Kier molecular flexibility index (Phi) is 9.84. The molecule has 3 amide bonds. The van der Waals surface area contributed by atoms with Crippen LogP contribution in [0.4, 0.5) is 18.0 Å². The largest absolute Gasteiger partial charge is 0.495 e. The minimum Gasteiger partial charge on any atom is -0.495 e. The number of piperidine rings is 1. The highest BCUT2D eigenvalue weighted by Crippen LogP contribution is 2.46. The molecule has 17 heteroatoms. The number of ether oxygens (including phenoxy) is 3. The molecule has 3 aromatic rings. The van der Waals surface area contributed by atoms with Gasteiger partial charge in [-0.05, 0) is 37.1 Å². The van der Waals surface area contributed by atoms with Gasteiger partial charge in [0.05, 0.1) is 24.8 Å². The number of alkyl halides is 3. The molecule has 1 N–H and O–H groups in total. The number of carbonyl (C=O) groups is 3. The summed E-state index contributed by atoms with van der Waals surface area (Å²) in [6.45, 7) is 0.684. The second-order valence-electron chi connectivity index (χ2n) is 12.1. The van der Waals surface area contributed by atoms with Crippen LogP contribution in [0.3, 0.4) is 0 Å². The fourth-order valence-corrected chi connectivity index (χ4v) is 7.74. The molecular weight excluding hydrogens is 686 g/mol. The molecule has 0 aromatic carbocycles. The molecule has 1 saturated carbocycles. The first-order valence-corrected chi connectivity index (χ1v) is 17.5. The number of allylic oxidation sites excluding steroid dienone is 1. The zero-order valence-electron chi connectivity index (χ0n) is 27.0. The molecule has 2 fully saturated rings. The smallest absolute Gasteiger partial charge is 0.434 e. The molecule has 262 valence electrons. The van der Waals surface area contributed by atoms with Crippen LogP contribution in [-0.4, -0.2) is 94.7 Å². The van der Waals surface area contributed by atoms with Crippen molar-refractivity contribution >= 4 is 40.6 Å². The minimum absolute atomic E-state index is 0.0513. The number of hydrogen-bond acceptors (Lipinski definition) is 11. The highest BCUT2D eigenvalue weighted by Gasteiger charge is 2.62. The van der Waals surface area contributed by atoms with Crippen LogP contribution < -0.4 is 14.8 Å². The molecule has 4 atom stereocenters. The fourth-order valence-electron chi connectivity index (χ4n) is 6.16. The molecule has 0 radical (unpaired) electrons. The zero-order chi connectivity index (χ0) is 34.9. The van der Waals surface area contributed by atoms with E-state index in [1.807, 2.05) is 12.2 Å². The van der Waals surface area contributed by atoms with E-state index in [0.29, 0.717) is 35.7 Å². The molecule has 0 spiro atoms. The summed E-state index contributed by atoms with van der Waals surface area (Å²) in [6.07, 6.45) is 1.87. The molecule has 0 unspecified atom stereocenters. The molecule has 1 saturated heterocycles. The summed E-state index contributed by atoms with van der Waals surface area (Å²) in [5.41, 5.74) is -1.92. The number of hydrogen-bond donors (Lipinski definition) is 1. The van der Waals surface area contributed by atoms with Crippen molar-refractivity contribution in [1.29, 1.82) is 0 Å². The SMILES string of the molecule is COC(=O)[C@@]12C[C@H]1C=CCCCCN(C)C(=O)N1CC[C@H](Oc3cc(-c4sccc4OC)nc(-c4nc(C(F)(F)F)cs4)n3)C[C@H]1C(=O)N2. The Morgan fingerprint density at radius 1 is 1.12 bits per heavy atom. The molecule has 0 bridgehead atoms. The van der Waals surface area contributed by atoms with Crippen LogP contribution in [-0.2, 0) is 20.5 Å². The average molecular weight is 721 g/mol. The number of esters is 1. The lowest BCUT2D eigenvalue weighted by Crippen LogP contribution is -2.60. The summed E-state index contributed by atoms with van der Waals surface area (Å²) in [5, 5.41) is 5.54. The van der Waals surface area contributed by atoms with Gasteiger partial charge in [0, 0.05) is 50.3 Å². The third-order valence-corrected chi connectivity index (χ3v) is 10.6. The van der Waals surface area contributed by atoms with Crippen LogP contribution in [0.5, 0.6) is 11.6 Å². The minimum atomic E-state index is -4.64. The third kappa shape index (κ3) is 7.22. The van der Waals surface area contributed by atoms with Crippen molar-refractivity contribution in [3.8, 4) is 33.0 Å². The standard InChI is InChI=1S/C32H35F3N6O6S2/c1-40-11-7-5-4-6-8-18-16-31(18,29(43)46-3)39-27(42)21-14-19(9-12-41(21)30(40)44)47-24-15-20(25-22(45-2)10-13-48-25)36-26(38-24)28-37-23(17-49-28)32(33,34)35/h6,8,10,13,15,17-19,21H,4-5,7,9,11-12,14,16H2,1-3H3,(H,39,42)/t18-,19+,21+,31-/m1/s1. The number of fused-ring (bicyclic) bond motifs is 2. The Bertz CT molecular complexity index is 1750. The van der Waals surface area contributed by atoms with E-state index in [0.717, 1.165) is 36.0 Å². The highest BCUT2D eigenvalue weighted by atomic mass is 32.1. The van der Waals surface area contributed by atoms with E-state index in [-0.39, 0.29) is 41.6 Å². The Morgan fingerprint density at radius 3 is 2.67 bits per heavy atom. The van der Waals surface area contributed by atoms with E-state index >= 15 is 0 Å². The summed E-state index contributed by atoms with van der Waals surface area (Å²) in [6, 6.07) is 1.99. The van der Waals surface area contributed by atoms with Gasteiger partial charge in [0.1, 0.15) is 23.4 Å². The van der Waals surface area contributed by atoms with E-state index in [4.69, 9.17) is 14.2 Å². The average Bonchev–Trinajstić information content (AvgIpc) is 3.41. The lowest BCUT2D eigenvalue weighted by atomic mass is 9.98. The van der Waals surface area contributed by atoms with Gasteiger partial charge in [0.15, 0.2) is 16.5 Å². The fraction of sp³-hybridized carbons (Fsp3) is 0.500. The predicted octanol–water partition coefficient (Wildman–Crippen LogP) is 5.41. The molecule has 1 aliphatic carbocycles.